The molecule has 0 amide bonds. The molecule has 0 bridgehead atoms. The second-order valence-electron chi connectivity index (χ2n) is 7.02. The maximum atomic E-state index is 15.1. The van der Waals surface area contributed by atoms with Crippen molar-refractivity contribution in [2.24, 2.45) is 0 Å². The summed E-state index contributed by atoms with van der Waals surface area (Å²) in [4.78, 5) is 7.72. The van der Waals surface area contributed by atoms with E-state index in [2.05, 4.69) is 43.1 Å². The third kappa shape index (κ3) is 3.73. The molecule has 0 unspecified atom stereocenters. The molecular weight excluding hydrogens is 465 g/mol. The number of ether oxygens (including phenoxy) is 1. The number of aromatic nitrogens is 2. The quantitative estimate of drug-likeness (QED) is 0.356. The Kier molecular flexibility index (Phi) is 5.50. The van der Waals surface area contributed by atoms with Crippen LogP contribution in [0.15, 0.2) is 76.2 Å². The first-order chi connectivity index (χ1) is 14.7. The zero-order valence-corrected chi connectivity index (χ0v) is 18.5. The van der Waals surface area contributed by atoms with E-state index < -0.39 is 0 Å². The Hall–Kier alpha value is -2.35. The van der Waals surface area contributed by atoms with Crippen LogP contribution in [0.3, 0.4) is 0 Å². The van der Waals surface area contributed by atoms with Crippen LogP contribution in [0.4, 0.5) is 10.1 Å². The van der Waals surface area contributed by atoms with Crippen LogP contribution >= 0.6 is 27.9 Å². The molecule has 0 N–H and O–H groups in total. The maximum Gasteiger partial charge on any atom is 0.151 e. The Morgan fingerprint density at radius 3 is 2.57 bits per heavy atom. The van der Waals surface area contributed by atoms with E-state index in [4.69, 9.17) is 4.74 Å². The van der Waals surface area contributed by atoms with Crippen LogP contribution in [0.25, 0.3) is 22.3 Å². The first-order valence-corrected chi connectivity index (χ1v) is 11.3. The average Bonchev–Trinajstić information content (AvgIpc) is 3.15. The van der Waals surface area contributed by atoms with Crippen molar-refractivity contribution in [1.29, 1.82) is 0 Å². The van der Waals surface area contributed by atoms with Crippen molar-refractivity contribution in [3.05, 3.63) is 77.2 Å². The summed E-state index contributed by atoms with van der Waals surface area (Å²) in [5.74, 6) is -0.219. The number of pyridine rings is 1. The molecule has 0 spiro atoms. The summed E-state index contributed by atoms with van der Waals surface area (Å²) in [6.07, 6.45) is 1.78. The van der Waals surface area contributed by atoms with Crippen molar-refractivity contribution in [3.63, 3.8) is 0 Å². The zero-order valence-electron chi connectivity index (χ0n) is 16.1. The van der Waals surface area contributed by atoms with Gasteiger partial charge in [-0.2, -0.15) is 0 Å². The molecule has 7 heteroatoms. The Bertz CT molecular complexity index is 1190. The van der Waals surface area contributed by atoms with Gasteiger partial charge in [0.05, 0.1) is 24.6 Å². The summed E-state index contributed by atoms with van der Waals surface area (Å²) in [5, 5.41) is 0.994. The number of rotatable bonds is 4. The average molecular weight is 484 g/mol. The standard InChI is InChI=1S/C23H19BrFN3OS/c24-19-8-9-26-23-18(19)15-22(28(23)30-17-4-2-1-3-5-17)16-6-7-21(20(25)14-16)27-10-12-29-13-11-27/h1-9,14-15H,10-13H2. The summed E-state index contributed by atoms with van der Waals surface area (Å²) >= 11 is 5.20. The summed E-state index contributed by atoms with van der Waals surface area (Å²) < 4.78 is 23.5. The molecule has 4 nitrogen and oxygen atoms in total. The molecule has 0 radical (unpaired) electrons. The highest BCUT2D eigenvalue weighted by Crippen LogP contribution is 2.38. The normalized spacial score (nSPS) is 14.4. The SMILES string of the molecule is Fc1cc(-c2cc3c(Br)ccnc3n2Sc2ccccc2)ccc1N1CCOCC1. The molecule has 1 aliphatic heterocycles. The molecule has 152 valence electrons. The summed E-state index contributed by atoms with van der Waals surface area (Å²) in [5.41, 5.74) is 3.19. The fourth-order valence-electron chi connectivity index (χ4n) is 3.65. The minimum Gasteiger partial charge on any atom is -0.378 e. The maximum absolute atomic E-state index is 15.1. The van der Waals surface area contributed by atoms with Gasteiger partial charge in [0.25, 0.3) is 0 Å². The predicted molar refractivity (Wildman–Crippen MR) is 124 cm³/mol. The Morgan fingerprint density at radius 2 is 1.80 bits per heavy atom. The van der Waals surface area contributed by atoms with E-state index in [0.717, 1.165) is 31.7 Å². The molecule has 30 heavy (non-hydrogen) atoms. The molecule has 2 aromatic heterocycles. The lowest BCUT2D eigenvalue weighted by Crippen LogP contribution is -2.36. The van der Waals surface area contributed by atoms with Crippen molar-refractivity contribution in [2.75, 3.05) is 31.2 Å². The van der Waals surface area contributed by atoms with E-state index >= 15 is 4.39 Å². The summed E-state index contributed by atoms with van der Waals surface area (Å²) in [6.45, 7) is 2.67. The fraction of sp³-hybridized carbons (Fsp3) is 0.174. The van der Waals surface area contributed by atoms with Crippen LogP contribution in [-0.4, -0.2) is 35.3 Å². The van der Waals surface area contributed by atoms with Crippen molar-refractivity contribution in [3.8, 4) is 11.3 Å². The van der Waals surface area contributed by atoms with Crippen molar-refractivity contribution >= 4 is 44.6 Å². The second kappa shape index (κ2) is 8.41. The third-order valence-corrected chi connectivity index (χ3v) is 6.87. The molecule has 0 aliphatic carbocycles. The Morgan fingerprint density at radius 1 is 1.00 bits per heavy atom. The highest BCUT2D eigenvalue weighted by molar-refractivity contribution is 9.10. The van der Waals surface area contributed by atoms with Gasteiger partial charge in [0, 0.05) is 39.6 Å². The number of fused-ring (bicyclic) bond motifs is 1. The van der Waals surface area contributed by atoms with Gasteiger partial charge >= 0.3 is 0 Å². The topological polar surface area (TPSA) is 30.3 Å². The molecule has 1 aliphatic rings. The number of halogens is 2. The molecule has 0 saturated carbocycles. The van der Waals surface area contributed by atoms with Gasteiger partial charge in [0.15, 0.2) is 5.65 Å². The Labute approximate surface area is 186 Å². The van der Waals surface area contributed by atoms with Crippen molar-refractivity contribution in [1.82, 2.24) is 8.96 Å². The van der Waals surface area contributed by atoms with E-state index in [-0.39, 0.29) is 5.82 Å². The first kappa shape index (κ1) is 19.6. The molecule has 1 fully saturated rings. The van der Waals surface area contributed by atoms with E-state index in [9.17, 15) is 0 Å². The highest BCUT2D eigenvalue weighted by Gasteiger charge is 2.19. The molecule has 4 aromatic rings. The second-order valence-corrected chi connectivity index (χ2v) is 8.90. The van der Waals surface area contributed by atoms with E-state index in [0.29, 0.717) is 32.0 Å². The van der Waals surface area contributed by atoms with Crippen LogP contribution in [0.5, 0.6) is 0 Å². The zero-order chi connectivity index (χ0) is 20.5. The minimum atomic E-state index is -0.219. The van der Waals surface area contributed by atoms with Gasteiger partial charge in [0.1, 0.15) is 5.82 Å². The van der Waals surface area contributed by atoms with Gasteiger partial charge in [-0.05, 0) is 64.3 Å². The number of hydrogen-bond donors (Lipinski definition) is 0. The van der Waals surface area contributed by atoms with Crippen molar-refractivity contribution in [2.45, 2.75) is 4.90 Å². The lowest BCUT2D eigenvalue weighted by Gasteiger charge is -2.29. The Balaban J connectivity index is 1.60. The lowest BCUT2D eigenvalue weighted by molar-refractivity contribution is 0.122. The number of morpholine rings is 1. The predicted octanol–water partition coefficient (Wildman–Crippen LogP) is 6.00. The number of benzene rings is 2. The van der Waals surface area contributed by atoms with E-state index in [1.165, 1.54) is 0 Å². The van der Waals surface area contributed by atoms with Gasteiger partial charge in [-0.15, -0.1) is 0 Å². The largest absolute Gasteiger partial charge is 0.378 e. The van der Waals surface area contributed by atoms with Gasteiger partial charge in [-0.1, -0.05) is 24.3 Å². The van der Waals surface area contributed by atoms with Gasteiger partial charge in [0.2, 0.25) is 0 Å². The van der Waals surface area contributed by atoms with Gasteiger partial charge in [-0.3, -0.25) is 3.97 Å². The highest BCUT2D eigenvalue weighted by atomic mass is 79.9. The van der Waals surface area contributed by atoms with Crippen LogP contribution in [0.2, 0.25) is 0 Å². The van der Waals surface area contributed by atoms with Gasteiger partial charge < -0.3 is 9.64 Å². The summed E-state index contributed by atoms with van der Waals surface area (Å²) in [6, 6.07) is 19.6. The molecule has 5 rings (SSSR count). The van der Waals surface area contributed by atoms with E-state index in [1.54, 1.807) is 24.2 Å². The van der Waals surface area contributed by atoms with Crippen molar-refractivity contribution < 1.29 is 9.13 Å². The number of hydrogen-bond acceptors (Lipinski definition) is 4. The molecule has 1 saturated heterocycles. The molecule has 0 atom stereocenters. The number of anilines is 1. The monoisotopic (exact) mass is 483 g/mol. The van der Waals surface area contributed by atoms with Crippen LogP contribution in [-0.2, 0) is 4.74 Å². The number of nitrogens with zero attached hydrogens (tertiary/aromatic N) is 3. The third-order valence-electron chi connectivity index (χ3n) is 5.14. The summed E-state index contributed by atoms with van der Waals surface area (Å²) in [7, 11) is 0. The van der Waals surface area contributed by atoms with E-state index in [1.807, 2.05) is 41.3 Å². The van der Waals surface area contributed by atoms with Crippen LogP contribution in [0.1, 0.15) is 0 Å². The molecular formula is C23H19BrFN3OS. The van der Waals surface area contributed by atoms with Crippen LogP contribution in [0, 0.1) is 5.82 Å². The molecule has 3 heterocycles. The lowest BCUT2D eigenvalue weighted by atomic mass is 10.1. The smallest absolute Gasteiger partial charge is 0.151 e. The molecule has 2 aromatic carbocycles. The van der Waals surface area contributed by atoms with Gasteiger partial charge in [-0.25, -0.2) is 9.37 Å². The minimum absolute atomic E-state index is 0.219. The van der Waals surface area contributed by atoms with Crippen LogP contribution < -0.4 is 4.90 Å². The fourth-order valence-corrected chi connectivity index (χ4v) is 5.04. The first-order valence-electron chi connectivity index (χ1n) is 9.73.